The van der Waals surface area contributed by atoms with Crippen LogP contribution in [0.2, 0.25) is 0 Å². The third kappa shape index (κ3) is 3.45. The summed E-state index contributed by atoms with van der Waals surface area (Å²) in [6.45, 7) is 2.09. The van der Waals surface area contributed by atoms with Gasteiger partial charge in [0.05, 0.1) is 5.41 Å². The van der Waals surface area contributed by atoms with Gasteiger partial charge in [-0.1, -0.05) is 12.1 Å². The van der Waals surface area contributed by atoms with Crippen molar-refractivity contribution in [2.75, 3.05) is 26.7 Å². The minimum absolute atomic E-state index is 0.134. The Labute approximate surface area is 142 Å². The molecule has 130 valence electrons. The third-order valence-corrected chi connectivity index (χ3v) is 5.43. The van der Waals surface area contributed by atoms with E-state index in [4.69, 9.17) is 0 Å². The van der Waals surface area contributed by atoms with Crippen LogP contribution in [0.5, 0.6) is 0 Å². The number of amides is 2. The molecule has 0 aromatic heterocycles. The van der Waals surface area contributed by atoms with Gasteiger partial charge in [0.2, 0.25) is 11.8 Å². The zero-order valence-corrected chi connectivity index (χ0v) is 14.3. The second-order valence-corrected chi connectivity index (χ2v) is 7.16. The van der Waals surface area contributed by atoms with E-state index in [9.17, 15) is 14.0 Å². The summed E-state index contributed by atoms with van der Waals surface area (Å²) in [5.41, 5.74) is 0.714. The second-order valence-electron chi connectivity index (χ2n) is 7.16. The molecular formula is C19H25FN2O2. The molecule has 4 nitrogen and oxygen atoms in total. The summed E-state index contributed by atoms with van der Waals surface area (Å²) < 4.78 is 12.9. The van der Waals surface area contributed by atoms with Crippen molar-refractivity contribution in [2.24, 2.45) is 5.41 Å². The molecule has 2 aliphatic rings. The number of carbonyl (C=O) groups is 2. The Balaban J connectivity index is 1.49. The van der Waals surface area contributed by atoms with Crippen LogP contribution in [0.25, 0.3) is 0 Å². The smallest absolute Gasteiger partial charge is 0.230 e. The van der Waals surface area contributed by atoms with Gasteiger partial charge in [0.1, 0.15) is 5.82 Å². The first-order valence-corrected chi connectivity index (χ1v) is 8.78. The third-order valence-electron chi connectivity index (χ3n) is 5.43. The molecule has 0 bridgehead atoms. The van der Waals surface area contributed by atoms with Crippen molar-refractivity contribution in [3.63, 3.8) is 0 Å². The molecule has 1 atom stereocenters. The van der Waals surface area contributed by atoms with Crippen LogP contribution in [0.4, 0.5) is 4.39 Å². The van der Waals surface area contributed by atoms with E-state index < -0.39 is 0 Å². The van der Waals surface area contributed by atoms with E-state index >= 15 is 0 Å². The van der Waals surface area contributed by atoms with Crippen molar-refractivity contribution in [3.05, 3.63) is 35.6 Å². The van der Waals surface area contributed by atoms with Crippen LogP contribution in [0.15, 0.2) is 24.3 Å². The number of halogens is 1. The van der Waals surface area contributed by atoms with E-state index in [0.29, 0.717) is 19.5 Å². The number of likely N-dealkylation sites (tertiary alicyclic amines) is 2. The molecule has 5 heteroatoms. The summed E-state index contributed by atoms with van der Waals surface area (Å²) in [6.07, 6.45) is 4.72. The van der Waals surface area contributed by atoms with Gasteiger partial charge in [-0.2, -0.15) is 0 Å². The molecule has 0 N–H and O–H groups in total. The lowest BCUT2D eigenvalue weighted by atomic mass is 9.78. The molecule has 2 heterocycles. The molecule has 2 fully saturated rings. The first kappa shape index (κ1) is 16.9. The van der Waals surface area contributed by atoms with Gasteiger partial charge < -0.3 is 9.80 Å². The van der Waals surface area contributed by atoms with E-state index in [2.05, 4.69) is 0 Å². The van der Waals surface area contributed by atoms with Gasteiger partial charge >= 0.3 is 0 Å². The van der Waals surface area contributed by atoms with Crippen molar-refractivity contribution in [2.45, 2.75) is 38.5 Å². The molecule has 1 unspecified atom stereocenters. The molecule has 2 aliphatic heterocycles. The van der Waals surface area contributed by atoms with Crippen molar-refractivity contribution in [1.29, 1.82) is 0 Å². The van der Waals surface area contributed by atoms with E-state index in [1.807, 2.05) is 16.8 Å². The number of benzene rings is 1. The fraction of sp³-hybridized carbons (Fsp3) is 0.579. The summed E-state index contributed by atoms with van der Waals surface area (Å²) >= 11 is 0. The highest BCUT2D eigenvalue weighted by Crippen LogP contribution is 2.39. The largest absolute Gasteiger partial charge is 0.345 e. The fourth-order valence-corrected chi connectivity index (χ4v) is 3.98. The molecule has 1 aromatic carbocycles. The first-order chi connectivity index (χ1) is 11.5. The summed E-state index contributed by atoms with van der Waals surface area (Å²) in [4.78, 5) is 28.6. The van der Waals surface area contributed by atoms with Crippen molar-refractivity contribution in [3.8, 4) is 0 Å². The zero-order valence-electron chi connectivity index (χ0n) is 14.3. The number of carbonyl (C=O) groups excluding carboxylic acids is 2. The number of nitrogens with zero attached hydrogens (tertiary/aromatic N) is 2. The fourth-order valence-electron chi connectivity index (χ4n) is 3.98. The Morgan fingerprint density at radius 3 is 2.71 bits per heavy atom. The van der Waals surface area contributed by atoms with Crippen LogP contribution in [0.1, 0.15) is 37.7 Å². The van der Waals surface area contributed by atoms with Crippen LogP contribution >= 0.6 is 0 Å². The summed E-state index contributed by atoms with van der Waals surface area (Å²) in [6, 6.07) is 6.43. The van der Waals surface area contributed by atoms with Gasteiger partial charge in [-0.3, -0.25) is 9.59 Å². The van der Waals surface area contributed by atoms with E-state index in [1.54, 1.807) is 12.1 Å². The topological polar surface area (TPSA) is 40.6 Å². The van der Waals surface area contributed by atoms with Gasteiger partial charge in [-0.25, -0.2) is 4.39 Å². The van der Waals surface area contributed by atoms with Gasteiger partial charge in [0.15, 0.2) is 0 Å². The predicted octanol–water partition coefficient (Wildman–Crippen LogP) is 2.62. The minimum atomic E-state index is -0.334. The number of piperidine rings is 1. The summed E-state index contributed by atoms with van der Waals surface area (Å²) in [7, 11) is 1.86. The van der Waals surface area contributed by atoms with Crippen molar-refractivity contribution < 1.29 is 14.0 Å². The van der Waals surface area contributed by atoms with Gasteiger partial charge in [-0.05, 0) is 49.8 Å². The van der Waals surface area contributed by atoms with Gasteiger partial charge in [0, 0.05) is 33.1 Å². The van der Waals surface area contributed by atoms with Crippen LogP contribution in [0.3, 0.4) is 0 Å². The molecule has 3 rings (SSSR count). The molecule has 0 saturated carbocycles. The van der Waals surface area contributed by atoms with E-state index in [-0.39, 0.29) is 23.0 Å². The summed E-state index contributed by atoms with van der Waals surface area (Å²) in [5.74, 6) is 0.102. The number of rotatable bonds is 4. The zero-order chi connectivity index (χ0) is 17.2. The Kier molecular flexibility index (Phi) is 4.88. The molecule has 0 aliphatic carbocycles. The van der Waals surface area contributed by atoms with Crippen molar-refractivity contribution in [1.82, 2.24) is 9.80 Å². The first-order valence-electron chi connectivity index (χ1n) is 8.78. The van der Waals surface area contributed by atoms with Crippen LogP contribution in [0, 0.1) is 11.2 Å². The lowest BCUT2D eigenvalue weighted by Crippen LogP contribution is -2.48. The number of aryl methyl sites for hydroxylation is 1. The predicted molar refractivity (Wildman–Crippen MR) is 89.8 cm³/mol. The van der Waals surface area contributed by atoms with E-state index in [0.717, 1.165) is 44.2 Å². The monoisotopic (exact) mass is 332 g/mol. The highest BCUT2D eigenvalue weighted by molar-refractivity contribution is 5.85. The molecule has 24 heavy (non-hydrogen) atoms. The maximum absolute atomic E-state index is 12.9. The van der Waals surface area contributed by atoms with Crippen LogP contribution in [-0.4, -0.2) is 48.3 Å². The highest BCUT2D eigenvalue weighted by atomic mass is 19.1. The van der Waals surface area contributed by atoms with Gasteiger partial charge in [0.25, 0.3) is 0 Å². The standard InChI is InChI=1S/C19H25FN2O2/c1-21-12-3-10-19(18(21)24)11-13-22(14-19)17(23)5-2-4-15-6-8-16(20)9-7-15/h6-9H,2-5,10-14H2,1H3. The minimum Gasteiger partial charge on any atom is -0.345 e. The maximum atomic E-state index is 12.9. The average molecular weight is 332 g/mol. The Hall–Kier alpha value is -1.91. The van der Waals surface area contributed by atoms with E-state index in [1.165, 1.54) is 12.1 Å². The quantitative estimate of drug-likeness (QED) is 0.850. The lowest BCUT2D eigenvalue weighted by Gasteiger charge is -2.37. The van der Waals surface area contributed by atoms with Crippen LogP contribution < -0.4 is 0 Å². The molecule has 1 spiro atoms. The van der Waals surface area contributed by atoms with Crippen molar-refractivity contribution >= 4 is 11.8 Å². The Morgan fingerprint density at radius 1 is 1.21 bits per heavy atom. The second kappa shape index (κ2) is 6.91. The maximum Gasteiger partial charge on any atom is 0.230 e. The average Bonchev–Trinajstić information content (AvgIpc) is 3.00. The lowest BCUT2D eigenvalue weighted by molar-refractivity contribution is -0.144. The SMILES string of the molecule is CN1CCCC2(CCN(C(=O)CCCc3ccc(F)cc3)C2)C1=O. The summed E-state index contributed by atoms with van der Waals surface area (Å²) in [5, 5.41) is 0. The molecule has 2 amide bonds. The Morgan fingerprint density at radius 2 is 1.96 bits per heavy atom. The Bertz CT molecular complexity index is 616. The normalized spacial score (nSPS) is 24.0. The molecule has 2 saturated heterocycles. The number of hydrogen-bond donors (Lipinski definition) is 0. The van der Waals surface area contributed by atoms with Gasteiger partial charge in [-0.15, -0.1) is 0 Å². The number of hydrogen-bond acceptors (Lipinski definition) is 2. The molecule has 0 radical (unpaired) electrons. The highest BCUT2D eigenvalue weighted by Gasteiger charge is 2.48. The molecular weight excluding hydrogens is 307 g/mol. The molecule has 1 aromatic rings. The van der Waals surface area contributed by atoms with Crippen LogP contribution in [-0.2, 0) is 16.0 Å².